The number of amides is 2. The van der Waals surface area contributed by atoms with Crippen LogP contribution in [-0.4, -0.2) is 42.9 Å². The van der Waals surface area contributed by atoms with E-state index < -0.39 is 5.82 Å². The summed E-state index contributed by atoms with van der Waals surface area (Å²) >= 11 is 0. The highest BCUT2D eigenvalue weighted by molar-refractivity contribution is 6.36. The minimum absolute atomic E-state index is 0.142. The number of nitrogens with one attached hydrogen (secondary N) is 2. The molecule has 2 aromatic rings. The van der Waals surface area contributed by atoms with Crippen molar-refractivity contribution in [1.82, 2.24) is 10.2 Å². The normalized spacial score (nSPS) is 16.9. The van der Waals surface area contributed by atoms with E-state index in [1.807, 2.05) is 0 Å². The van der Waals surface area contributed by atoms with Crippen LogP contribution in [-0.2, 0) is 16.1 Å². The molecule has 0 aromatic heterocycles. The quantitative estimate of drug-likeness (QED) is 0.719. The molecule has 30 heavy (non-hydrogen) atoms. The summed E-state index contributed by atoms with van der Waals surface area (Å²) in [6, 6.07) is 9.47. The van der Waals surface area contributed by atoms with E-state index in [1.165, 1.54) is 18.2 Å². The Morgan fingerprint density at radius 3 is 2.73 bits per heavy atom. The van der Waals surface area contributed by atoms with Gasteiger partial charge in [0.15, 0.2) is 0 Å². The number of carbonyl (C=O) groups is 2. The summed E-state index contributed by atoms with van der Waals surface area (Å²) in [4.78, 5) is 27.2. The van der Waals surface area contributed by atoms with E-state index in [1.54, 1.807) is 18.2 Å². The molecule has 0 bridgehead atoms. The van der Waals surface area contributed by atoms with E-state index in [-0.39, 0.29) is 18.4 Å². The zero-order valence-corrected chi connectivity index (χ0v) is 17.0. The summed E-state index contributed by atoms with van der Waals surface area (Å²) < 4.78 is 19.5. The molecule has 2 amide bonds. The van der Waals surface area contributed by atoms with Crippen LogP contribution < -0.4 is 10.6 Å². The highest BCUT2D eigenvalue weighted by atomic mass is 19.1. The van der Waals surface area contributed by atoms with Crippen LogP contribution in [0.3, 0.4) is 0 Å². The second-order valence-electron chi connectivity index (χ2n) is 7.29. The molecular weight excluding hydrogens is 385 g/mol. The average molecular weight is 409 g/mol. The molecule has 7 heteroatoms. The largest absolute Gasteiger partial charge is 0.487 e. The van der Waals surface area contributed by atoms with Crippen molar-refractivity contribution < 1.29 is 18.7 Å². The van der Waals surface area contributed by atoms with E-state index in [9.17, 15) is 14.0 Å². The standard InChI is InChI=1S/C23H24FN3O3/c1-3-27(4-2)10-9-25-22(28)14-5-7-17-15(11-14)13-30-21(17)20-18-12-16(24)6-8-19(18)26-23(20)29/h5-8,11-12H,3-4,9-10,13H2,1-2H3,(H,25,28)(H,26,29)/b21-20+. The second kappa shape index (κ2) is 8.28. The van der Waals surface area contributed by atoms with Gasteiger partial charge in [0, 0.05) is 41.0 Å². The van der Waals surface area contributed by atoms with Crippen LogP contribution in [0.15, 0.2) is 36.4 Å². The predicted molar refractivity (Wildman–Crippen MR) is 113 cm³/mol. The van der Waals surface area contributed by atoms with E-state index in [0.717, 1.165) is 30.8 Å². The molecule has 6 nitrogen and oxygen atoms in total. The molecule has 0 atom stereocenters. The molecule has 0 saturated heterocycles. The number of anilines is 1. The zero-order valence-electron chi connectivity index (χ0n) is 17.0. The summed E-state index contributed by atoms with van der Waals surface area (Å²) in [5, 5.41) is 5.68. The number of hydrogen-bond donors (Lipinski definition) is 2. The molecule has 0 unspecified atom stereocenters. The van der Waals surface area contributed by atoms with Crippen LogP contribution in [0.5, 0.6) is 0 Å². The van der Waals surface area contributed by atoms with Crippen molar-refractivity contribution in [3.8, 4) is 0 Å². The van der Waals surface area contributed by atoms with Crippen molar-refractivity contribution in [1.29, 1.82) is 0 Å². The van der Waals surface area contributed by atoms with Gasteiger partial charge >= 0.3 is 0 Å². The molecule has 2 aliphatic heterocycles. The first-order chi connectivity index (χ1) is 14.5. The van der Waals surface area contributed by atoms with E-state index in [4.69, 9.17) is 4.74 Å². The third-order valence-electron chi connectivity index (χ3n) is 5.55. The molecular formula is C23H24FN3O3. The lowest BCUT2D eigenvalue weighted by atomic mass is 9.99. The maximum atomic E-state index is 13.7. The fourth-order valence-electron chi connectivity index (χ4n) is 3.84. The lowest BCUT2D eigenvalue weighted by Gasteiger charge is -2.18. The van der Waals surface area contributed by atoms with E-state index in [2.05, 4.69) is 29.4 Å². The lowest BCUT2D eigenvalue weighted by molar-refractivity contribution is -0.110. The summed E-state index contributed by atoms with van der Waals surface area (Å²) in [6.45, 7) is 7.71. The first-order valence-corrected chi connectivity index (χ1v) is 10.1. The average Bonchev–Trinajstić information content (AvgIpc) is 3.29. The Kier molecular flexibility index (Phi) is 5.55. The van der Waals surface area contributed by atoms with Crippen molar-refractivity contribution in [2.75, 3.05) is 31.5 Å². The van der Waals surface area contributed by atoms with Crippen molar-refractivity contribution in [3.05, 3.63) is 64.5 Å². The summed E-state index contributed by atoms with van der Waals surface area (Å²) in [5.41, 5.74) is 3.49. The number of rotatable bonds is 6. The van der Waals surface area contributed by atoms with E-state index in [0.29, 0.717) is 34.7 Å². The first kappa shape index (κ1) is 20.1. The fraction of sp³-hybridized carbons (Fsp3) is 0.304. The number of likely N-dealkylation sites (N-methyl/N-ethyl adjacent to an activating group) is 1. The molecule has 0 saturated carbocycles. The van der Waals surface area contributed by atoms with Crippen molar-refractivity contribution >= 4 is 28.8 Å². The summed E-state index contributed by atoms with van der Waals surface area (Å²) in [7, 11) is 0. The van der Waals surface area contributed by atoms with Crippen LogP contribution in [0.4, 0.5) is 10.1 Å². The van der Waals surface area contributed by atoms with Gasteiger partial charge in [0.2, 0.25) is 0 Å². The van der Waals surface area contributed by atoms with Gasteiger partial charge in [0.25, 0.3) is 11.8 Å². The smallest absolute Gasteiger partial charge is 0.260 e. The maximum Gasteiger partial charge on any atom is 0.260 e. The molecule has 2 aromatic carbocycles. The number of carbonyl (C=O) groups excluding carboxylic acids is 2. The van der Waals surface area contributed by atoms with Crippen LogP contribution in [0.2, 0.25) is 0 Å². The highest BCUT2D eigenvalue weighted by Gasteiger charge is 2.33. The van der Waals surface area contributed by atoms with Gasteiger partial charge in [-0.15, -0.1) is 0 Å². The molecule has 0 spiro atoms. The maximum absolute atomic E-state index is 13.7. The van der Waals surface area contributed by atoms with Gasteiger partial charge in [0.1, 0.15) is 18.2 Å². The molecule has 0 fully saturated rings. The fourth-order valence-corrected chi connectivity index (χ4v) is 3.84. The van der Waals surface area contributed by atoms with Gasteiger partial charge in [0.05, 0.1) is 5.57 Å². The molecule has 156 valence electrons. The summed E-state index contributed by atoms with van der Waals surface area (Å²) in [6.07, 6.45) is 0. The third kappa shape index (κ3) is 3.68. The Hall–Kier alpha value is -3.19. The van der Waals surface area contributed by atoms with Gasteiger partial charge in [-0.05, 0) is 43.4 Å². The van der Waals surface area contributed by atoms with Crippen LogP contribution >= 0.6 is 0 Å². The minimum Gasteiger partial charge on any atom is -0.487 e. The minimum atomic E-state index is -0.418. The summed E-state index contributed by atoms with van der Waals surface area (Å²) in [5.74, 6) is -0.465. The third-order valence-corrected chi connectivity index (χ3v) is 5.55. The molecule has 2 heterocycles. The van der Waals surface area contributed by atoms with Gasteiger partial charge in [-0.3, -0.25) is 9.59 Å². The van der Waals surface area contributed by atoms with Gasteiger partial charge in [-0.2, -0.15) is 0 Å². The Morgan fingerprint density at radius 2 is 1.97 bits per heavy atom. The van der Waals surface area contributed by atoms with Gasteiger partial charge in [-0.1, -0.05) is 19.9 Å². The zero-order chi connectivity index (χ0) is 21.3. The van der Waals surface area contributed by atoms with Crippen LogP contribution in [0, 0.1) is 5.82 Å². The monoisotopic (exact) mass is 409 g/mol. The van der Waals surface area contributed by atoms with Crippen LogP contribution in [0.1, 0.15) is 40.9 Å². The molecule has 2 N–H and O–H groups in total. The Bertz CT molecular complexity index is 1040. The molecule has 0 radical (unpaired) electrons. The Labute approximate surface area is 174 Å². The molecule has 4 rings (SSSR count). The topological polar surface area (TPSA) is 70.7 Å². The van der Waals surface area contributed by atoms with Gasteiger partial charge < -0.3 is 20.3 Å². The molecule has 0 aliphatic carbocycles. The number of ether oxygens (including phenoxy) is 1. The highest BCUT2D eigenvalue weighted by Crippen LogP contribution is 2.41. The van der Waals surface area contributed by atoms with Gasteiger partial charge in [-0.25, -0.2) is 4.39 Å². The van der Waals surface area contributed by atoms with E-state index >= 15 is 0 Å². The number of hydrogen-bond acceptors (Lipinski definition) is 4. The lowest BCUT2D eigenvalue weighted by Crippen LogP contribution is -2.34. The van der Waals surface area contributed by atoms with Crippen molar-refractivity contribution in [2.24, 2.45) is 0 Å². The number of nitrogens with zero attached hydrogens (tertiary/aromatic N) is 1. The van der Waals surface area contributed by atoms with Crippen molar-refractivity contribution in [2.45, 2.75) is 20.5 Å². The second-order valence-corrected chi connectivity index (χ2v) is 7.29. The van der Waals surface area contributed by atoms with Crippen LogP contribution in [0.25, 0.3) is 11.3 Å². The number of benzene rings is 2. The number of halogens is 1. The molecule has 2 aliphatic rings. The predicted octanol–water partition coefficient (Wildman–Crippen LogP) is 3.25. The SMILES string of the molecule is CCN(CC)CCNC(=O)c1ccc2c(c1)CO/C2=C1/C(=O)Nc2ccc(F)cc21. The Balaban J connectivity index is 1.56. The Morgan fingerprint density at radius 1 is 1.17 bits per heavy atom. The first-order valence-electron chi connectivity index (χ1n) is 10.1. The van der Waals surface area contributed by atoms with Crippen molar-refractivity contribution in [3.63, 3.8) is 0 Å². The number of fused-ring (bicyclic) bond motifs is 2.